The van der Waals surface area contributed by atoms with Gasteiger partial charge in [0.15, 0.2) is 5.54 Å². The molecular formula is C24H24N2O2. The van der Waals surface area contributed by atoms with Crippen LogP contribution in [0.15, 0.2) is 89.5 Å². The van der Waals surface area contributed by atoms with Crippen LogP contribution in [0.25, 0.3) is 0 Å². The Morgan fingerprint density at radius 2 is 1.79 bits per heavy atom. The lowest BCUT2D eigenvalue weighted by Gasteiger charge is -2.34. The molecule has 0 unspecified atom stereocenters. The van der Waals surface area contributed by atoms with Crippen LogP contribution in [-0.2, 0) is 11.3 Å². The monoisotopic (exact) mass is 372 g/mol. The van der Waals surface area contributed by atoms with E-state index in [4.69, 9.17) is 4.99 Å². The van der Waals surface area contributed by atoms with Crippen LogP contribution >= 0.6 is 0 Å². The number of rotatable bonds is 5. The summed E-state index contributed by atoms with van der Waals surface area (Å²) in [5.41, 5.74) is 1.85. The predicted molar refractivity (Wildman–Crippen MR) is 111 cm³/mol. The Morgan fingerprint density at radius 1 is 1.11 bits per heavy atom. The standard InChI is InChI=1S/C24H24N2O2/c1-24(23(27)28)21(19-13-7-3-8-14-19)26(17-18-11-5-2-6-12-18)22(25-24)20-15-9-4-10-16-20/h2-3,5-9,11-16,21H,4,10,17H2,1H3,(H,27,28)/t21-,24-/m0/s1. The van der Waals surface area contributed by atoms with Gasteiger partial charge < -0.3 is 10.0 Å². The van der Waals surface area contributed by atoms with Crippen LogP contribution in [0.2, 0.25) is 0 Å². The molecule has 4 heteroatoms. The molecule has 2 aliphatic rings. The number of allylic oxidation sites excluding steroid dienone is 2. The first-order valence-electron chi connectivity index (χ1n) is 9.65. The normalized spacial score (nSPS) is 24.0. The summed E-state index contributed by atoms with van der Waals surface area (Å²) in [6.45, 7) is 2.33. The van der Waals surface area contributed by atoms with Crippen LogP contribution in [0.1, 0.15) is 36.9 Å². The van der Waals surface area contributed by atoms with E-state index < -0.39 is 11.5 Å². The third-order valence-electron chi connectivity index (χ3n) is 5.45. The van der Waals surface area contributed by atoms with Gasteiger partial charge in [0.2, 0.25) is 0 Å². The van der Waals surface area contributed by atoms with Crippen molar-refractivity contribution in [2.24, 2.45) is 4.99 Å². The fourth-order valence-electron chi connectivity index (χ4n) is 4.03. The van der Waals surface area contributed by atoms with Crippen molar-refractivity contribution < 1.29 is 9.90 Å². The van der Waals surface area contributed by atoms with E-state index in [0.29, 0.717) is 6.54 Å². The number of hydrogen-bond donors (Lipinski definition) is 1. The minimum Gasteiger partial charge on any atom is -0.479 e. The number of benzene rings is 2. The van der Waals surface area contributed by atoms with Crippen LogP contribution in [0.4, 0.5) is 0 Å². The molecule has 1 aliphatic carbocycles. The lowest BCUT2D eigenvalue weighted by atomic mass is 9.87. The smallest absolute Gasteiger partial charge is 0.333 e. The Bertz CT molecular complexity index is 947. The summed E-state index contributed by atoms with van der Waals surface area (Å²) in [5, 5.41) is 10.1. The van der Waals surface area contributed by atoms with Gasteiger partial charge in [-0.25, -0.2) is 9.79 Å². The lowest BCUT2D eigenvalue weighted by molar-refractivity contribution is -0.144. The van der Waals surface area contributed by atoms with Gasteiger partial charge >= 0.3 is 5.97 Å². The molecule has 4 rings (SSSR count). The summed E-state index contributed by atoms with van der Waals surface area (Å²) in [6, 6.07) is 19.6. The highest BCUT2D eigenvalue weighted by Crippen LogP contribution is 2.43. The van der Waals surface area contributed by atoms with Crippen LogP contribution in [0.5, 0.6) is 0 Å². The Kier molecular flexibility index (Phi) is 4.86. The number of carboxylic acid groups (broad SMARTS) is 1. The van der Waals surface area contributed by atoms with Crippen LogP contribution in [0, 0.1) is 0 Å². The van der Waals surface area contributed by atoms with Gasteiger partial charge in [0.1, 0.15) is 5.84 Å². The molecule has 1 aliphatic heterocycles. The molecule has 0 saturated carbocycles. The van der Waals surface area contributed by atoms with E-state index in [2.05, 4.69) is 35.3 Å². The number of carboxylic acids is 1. The van der Waals surface area contributed by atoms with E-state index in [9.17, 15) is 9.90 Å². The molecule has 1 heterocycles. The van der Waals surface area contributed by atoms with E-state index in [1.165, 1.54) is 0 Å². The second-order valence-corrected chi connectivity index (χ2v) is 7.45. The van der Waals surface area contributed by atoms with E-state index in [1.807, 2.05) is 48.5 Å². The fourth-order valence-corrected chi connectivity index (χ4v) is 4.03. The number of carbonyl (C=O) groups is 1. The molecule has 142 valence electrons. The zero-order valence-corrected chi connectivity index (χ0v) is 16.0. The maximum Gasteiger partial charge on any atom is 0.333 e. The fraction of sp³-hybridized carbons (Fsp3) is 0.250. The van der Waals surface area contributed by atoms with Gasteiger partial charge in [-0.15, -0.1) is 0 Å². The average Bonchev–Trinajstić information content (AvgIpc) is 3.03. The molecular weight excluding hydrogens is 348 g/mol. The van der Waals surface area contributed by atoms with Crippen LogP contribution in [0.3, 0.4) is 0 Å². The summed E-state index contributed by atoms with van der Waals surface area (Å²) in [4.78, 5) is 19.3. The summed E-state index contributed by atoms with van der Waals surface area (Å²) in [5.74, 6) is -0.145. The maximum atomic E-state index is 12.4. The van der Waals surface area contributed by atoms with Gasteiger partial charge in [0, 0.05) is 12.1 Å². The second kappa shape index (κ2) is 7.47. The first-order chi connectivity index (χ1) is 13.6. The Labute approximate surface area is 165 Å². The van der Waals surface area contributed by atoms with Gasteiger partial charge in [-0.3, -0.25) is 0 Å². The summed E-state index contributed by atoms with van der Waals surface area (Å²) >= 11 is 0. The average molecular weight is 372 g/mol. The quantitative estimate of drug-likeness (QED) is 0.823. The van der Waals surface area contributed by atoms with E-state index in [1.54, 1.807) is 6.92 Å². The van der Waals surface area contributed by atoms with Crippen LogP contribution < -0.4 is 0 Å². The highest BCUT2D eigenvalue weighted by atomic mass is 16.4. The van der Waals surface area contributed by atoms with Crippen molar-refractivity contribution in [1.29, 1.82) is 0 Å². The summed E-state index contributed by atoms with van der Waals surface area (Å²) < 4.78 is 0. The molecule has 28 heavy (non-hydrogen) atoms. The Morgan fingerprint density at radius 3 is 2.39 bits per heavy atom. The van der Waals surface area contributed by atoms with E-state index in [-0.39, 0.29) is 6.04 Å². The molecule has 0 saturated heterocycles. The summed E-state index contributed by atoms with van der Waals surface area (Å²) in [6.07, 6.45) is 8.31. The molecule has 0 fully saturated rings. The molecule has 2 aromatic carbocycles. The van der Waals surface area contributed by atoms with Gasteiger partial charge in [0.25, 0.3) is 0 Å². The number of aliphatic imine (C=N–C) groups is 1. The van der Waals surface area contributed by atoms with Gasteiger partial charge in [-0.1, -0.05) is 78.9 Å². The van der Waals surface area contributed by atoms with Crippen LogP contribution in [-0.4, -0.2) is 27.4 Å². The molecule has 0 bridgehead atoms. The SMILES string of the molecule is C[C@]1(C(=O)O)N=C(C2=CCCC=C2)N(Cc2ccccc2)[C@H]1c1ccccc1. The lowest BCUT2D eigenvalue weighted by Crippen LogP contribution is -2.43. The molecule has 4 nitrogen and oxygen atoms in total. The zero-order chi connectivity index (χ0) is 19.6. The topological polar surface area (TPSA) is 52.9 Å². The molecule has 0 amide bonds. The molecule has 0 spiro atoms. The van der Waals surface area contributed by atoms with E-state index in [0.717, 1.165) is 35.4 Å². The first kappa shape index (κ1) is 18.2. The first-order valence-corrected chi connectivity index (χ1v) is 9.65. The third-order valence-corrected chi connectivity index (χ3v) is 5.45. The minimum absolute atomic E-state index is 0.377. The van der Waals surface area contributed by atoms with Crippen molar-refractivity contribution in [3.05, 3.63) is 95.6 Å². The zero-order valence-electron chi connectivity index (χ0n) is 16.0. The Hall–Kier alpha value is -3.14. The Balaban J connectivity index is 1.84. The van der Waals surface area contributed by atoms with Crippen molar-refractivity contribution in [2.75, 3.05) is 0 Å². The second-order valence-electron chi connectivity index (χ2n) is 7.45. The van der Waals surface area contributed by atoms with Crippen molar-refractivity contribution >= 4 is 11.8 Å². The van der Waals surface area contributed by atoms with Crippen molar-refractivity contribution in [3.8, 4) is 0 Å². The highest BCUT2D eigenvalue weighted by molar-refractivity contribution is 6.05. The number of nitrogens with zero attached hydrogens (tertiary/aromatic N) is 2. The number of amidine groups is 1. The van der Waals surface area contributed by atoms with Gasteiger partial charge in [-0.2, -0.15) is 0 Å². The highest BCUT2D eigenvalue weighted by Gasteiger charge is 2.51. The molecule has 2 atom stereocenters. The van der Waals surface area contributed by atoms with Crippen molar-refractivity contribution in [3.63, 3.8) is 0 Å². The molecule has 0 aromatic heterocycles. The van der Waals surface area contributed by atoms with Crippen molar-refractivity contribution in [1.82, 2.24) is 4.90 Å². The maximum absolute atomic E-state index is 12.4. The predicted octanol–water partition coefficient (Wildman–Crippen LogP) is 4.76. The molecule has 1 N–H and O–H groups in total. The minimum atomic E-state index is -1.25. The number of hydrogen-bond acceptors (Lipinski definition) is 3. The number of aliphatic carboxylic acids is 1. The largest absolute Gasteiger partial charge is 0.479 e. The summed E-state index contributed by atoms with van der Waals surface area (Å²) in [7, 11) is 0. The molecule has 2 aromatic rings. The van der Waals surface area contributed by atoms with Gasteiger partial charge in [-0.05, 0) is 30.9 Å². The molecule has 0 radical (unpaired) electrons. The third kappa shape index (κ3) is 3.26. The van der Waals surface area contributed by atoms with Crippen molar-refractivity contribution in [2.45, 2.75) is 37.9 Å². The van der Waals surface area contributed by atoms with Gasteiger partial charge in [0.05, 0.1) is 6.04 Å². The van der Waals surface area contributed by atoms with E-state index >= 15 is 0 Å².